The summed E-state index contributed by atoms with van der Waals surface area (Å²) in [6.45, 7) is 1.36. The van der Waals surface area contributed by atoms with Crippen LogP contribution in [0.25, 0.3) is 0 Å². The van der Waals surface area contributed by atoms with Crippen molar-refractivity contribution in [3.05, 3.63) is 21.6 Å². The van der Waals surface area contributed by atoms with E-state index < -0.39 is 5.56 Å². The average molecular weight is 340 g/mol. The average Bonchev–Trinajstić information content (AvgIpc) is 2.99. The monoisotopic (exact) mass is 339 g/mol. The largest absolute Gasteiger partial charge is 0.367 e. The molecule has 0 aromatic carbocycles. The highest BCUT2D eigenvalue weighted by Gasteiger charge is 2.27. The van der Waals surface area contributed by atoms with Gasteiger partial charge in [-0.3, -0.25) is 4.79 Å². The van der Waals surface area contributed by atoms with E-state index in [0.29, 0.717) is 18.3 Å². The first-order valence-electron chi connectivity index (χ1n) is 8.18. The number of nitrogens with zero attached hydrogens (tertiary/aromatic N) is 2. The summed E-state index contributed by atoms with van der Waals surface area (Å²) in [4.78, 5) is 25.6. The summed E-state index contributed by atoms with van der Waals surface area (Å²) in [5.41, 5.74) is 0.225. The molecule has 8 heteroatoms. The van der Waals surface area contributed by atoms with Gasteiger partial charge in [0.05, 0.1) is 11.9 Å². The van der Waals surface area contributed by atoms with Gasteiger partial charge in [0.15, 0.2) is 0 Å². The van der Waals surface area contributed by atoms with E-state index in [4.69, 9.17) is 11.6 Å². The Balaban J connectivity index is 1.52. The van der Waals surface area contributed by atoms with Crippen molar-refractivity contribution >= 4 is 23.3 Å². The number of halogens is 1. The van der Waals surface area contributed by atoms with E-state index in [9.17, 15) is 9.59 Å². The number of carbonyl (C=O) groups excluding carboxylic acids is 1. The molecule has 3 rings (SSSR count). The molecule has 1 aromatic heterocycles. The van der Waals surface area contributed by atoms with Gasteiger partial charge in [-0.05, 0) is 19.3 Å². The second-order valence-electron chi connectivity index (χ2n) is 6.28. The van der Waals surface area contributed by atoms with Gasteiger partial charge in [-0.1, -0.05) is 30.9 Å². The number of carbonyl (C=O) groups is 1. The number of anilines is 1. The number of hydrogen-bond donors (Lipinski definition) is 3. The van der Waals surface area contributed by atoms with Crippen LogP contribution in [0.1, 0.15) is 38.5 Å². The molecule has 0 spiro atoms. The molecule has 2 aliphatic rings. The van der Waals surface area contributed by atoms with E-state index in [0.717, 1.165) is 25.8 Å². The van der Waals surface area contributed by atoms with Crippen LogP contribution in [-0.2, 0) is 0 Å². The first-order valence-corrected chi connectivity index (χ1v) is 8.56. The molecule has 1 aliphatic carbocycles. The van der Waals surface area contributed by atoms with E-state index in [1.165, 1.54) is 19.3 Å². The van der Waals surface area contributed by atoms with Crippen molar-refractivity contribution in [3.63, 3.8) is 0 Å². The number of amides is 2. The SMILES string of the molecule is O=C(NC1CCCCC1)N[C@@H]1CCN(c2cn[nH]c(=O)c2Cl)C1. The lowest BCUT2D eigenvalue weighted by atomic mass is 9.96. The van der Waals surface area contributed by atoms with Gasteiger partial charge in [-0.2, -0.15) is 5.10 Å². The van der Waals surface area contributed by atoms with Gasteiger partial charge >= 0.3 is 6.03 Å². The molecular weight excluding hydrogens is 318 g/mol. The normalized spacial score (nSPS) is 22.1. The quantitative estimate of drug-likeness (QED) is 0.780. The molecule has 1 aromatic rings. The highest BCUT2D eigenvalue weighted by molar-refractivity contribution is 6.33. The predicted molar refractivity (Wildman–Crippen MR) is 89.0 cm³/mol. The predicted octanol–water partition coefficient (Wildman–Crippen LogP) is 1.63. The molecule has 1 saturated carbocycles. The topological polar surface area (TPSA) is 90.1 Å². The summed E-state index contributed by atoms with van der Waals surface area (Å²) in [7, 11) is 0. The van der Waals surface area contributed by atoms with Gasteiger partial charge in [0.25, 0.3) is 5.56 Å². The van der Waals surface area contributed by atoms with E-state index >= 15 is 0 Å². The summed E-state index contributed by atoms with van der Waals surface area (Å²) in [5, 5.41) is 12.3. The van der Waals surface area contributed by atoms with Crippen molar-refractivity contribution < 1.29 is 4.79 Å². The third-order valence-corrected chi connectivity index (χ3v) is 4.95. The number of nitrogens with one attached hydrogen (secondary N) is 3. The Hall–Kier alpha value is -1.76. The van der Waals surface area contributed by atoms with Crippen LogP contribution >= 0.6 is 11.6 Å². The van der Waals surface area contributed by atoms with Crippen LogP contribution in [-0.4, -0.2) is 41.4 Å². The lowest BCUT2D eigenvalue weighted by Crippen LogP contribution is -2.47. The van der Waals surface area contributed by atoms with Crippen molar-refractivity contribution in [2.24, 2.45) is 0 Å². The Bertz CT molecular complexity index is 614. The molecule has 2 fully saturated rings. The Morgan fingerprint density at radius 2 is 1.96 bits per heavy atom. The maximum atomic E-state index is 12.1. The van der Waals surface area contributed by atoms with E-state index in [-0.39, 0.29) is 17.1 Å². The van der Waals surface area contributed by atoms with Gasteiger partial charge in [0, 0.05) is 25.2 Å². The lowest BCUT2D eigenvalue weighted by Gasteiger charge is -2.24. The molecule has 0 bridgehead atoms. The number of hydrogen-bond acceptors (Lipinski definition) is 4. The molecule has 126 valence electrons. The second-order valence-corrected chi connectivity index (χ2v) is 6.66. The zero-order chi connectivity index (χ0) is 16.2. The molecule has 23 heavy (non-hydrogen) atoms. The Morgan fingerprint density at radius 1 is 1.22 bits per heavy atom. The molecule has 2 heterocycles. The fourth-order valence-electron chi connectivity index (χ4n) is 3.35. The minimum atomic E-state index is -0.393. The Kier molecular flexibility index (Phi) is 5.05. The molecule has 1 atom stereocenters. The van der Waals surface area contributed by atoms with Crippen molar-refractivity contribution in [1.29, 1.82) is 0 Å². The van der Waals surface area contributed by atoms with Crippen LogP contribution in [0.15, 0.2) is 11.0 Å². The zero-order valence-corrected chi connectivity index (χ0v) is 13.7. The van der Waals surface area contributed by atoms with Crippen molar-refractivity contribution in [2.75, 3.05) is 18.0 Å². The van der Waals surface area contributed by atoms with Gasteiger partial charge in [-0.15, -0.1) is 0 Å². The van der Waals surface area contributed by atoms with Crippen molar-refractivity contribution in [2.45, 2.75) is 50.6 Å². The third-order valence-electron chi connectivity index (χ3n) is 4.58. The maximum absolute atomic E-state index is 12.1. The second kappa shape index (κ2) is 7.21. The zero-order valence-electron chi connectivity index (χ0n) is 13.0. The minimum Gasteiger partial charge on any atom is -0.367 e. The van der Waals surface area contributed by atoms with Crippen LogP contribution in [0.2, 0.25) is 5.02 Å². The molecule has 2 amide bonds. The van der Waals surface area contributed by atoms with Crippen molar-refractivity contribution in [1.82, 2.24) is 20.8 Å². The van der Waals surface area contributed by atoms with E-state index in [2.05, 4.69) is 20.8 Å². The molecule has 1 saturated heterocycles. The number of aromatic amines is 1. The number of urea groups is 1. The fraction of sp³-hybridized carbons (Fsp3) is 0.667. The van der Waals surface area contributed by atoms with Crippen LogP contribution < -0.4 is 21.1 Å². The fourth-order valence-corrected chi connectivity index (χ4v) is 3.56. The Morgan fingerprint density at radius 3 is 2.74 bits per heavy atom. The molecule has 0 unspecified atom stereocenters. The number of H-pyrrole nitrogens is 1. The van der Waals surface area contributed by atoms with Crippen LogP contribution in [0.4, 0.5) is 10.5 Å². The van der Waals surface area contributed by atoms with Crippen molar-refractivity contribution in [3.8, 4) is 0 Å². The Labute approximate surface area is 139 Å². The summed E-state index contributed by atoms with van der Waals surface area (Å²) >= 11 is 6.03. The van der Waals surface area contributed by atoms with Crippen LogP contribution in [0, 0.1) is 0 Å². The van der Waals surface area contributed by atoms with Crippen LogP contribution in [0.3, 0.4) is 0 Å². The summed E-state index contributed by atoms with van der Waals surface area (Å²) in [6.07, 6.45) is 8.15. The number of rotatable bonds is 3. The molecule has 0 radical (unpaired) electrons. The smallest absolute Gasteiger partial charge is 0.315 e. The van der Waals surface area contributed by atoms with E-state index in [1.807, 2.05) is 4.90 Å². The number of aromatic nitrogens is 2. The molecule has 1 aliphatic heterocycles. The first-order chi connectivity index (χ1) is 11.1. The van der Waals surface area contributed by atoms with Gasteiger partial charge < -0.3 is 15.5 Å². The standard InChI is InChI=1S/C15H22ClN5O2/c16-13-12(8-17-20-14(13)22)21-7-6-11(9-21)19-15(23)18-10-4-2-1-3-5-10/h8,10-11H,1-7,9H2,(H,20,22)(H2,18,19,23)/t11-/m1/s1. The van der Waals surface area contributed by atoms with Gasteiger partial charge in [0.1, 0.15) is 5.02 Å². The summed E-state index contributed by atoms with van der Waals surface area (Å²) in [5.74, 6) is 0. The summed E-state index contributed by atoms with van der Waals surface area (Å²) in [6, 6.07) is 0.250. The highest BCUT2D eigenvalue weighted by Crippen LogP contribution is 2.24. The van der Waals surface area contributed by atoms with Gasteiger partial charge in [0.2, 0.25) is 0 Å². The highest BCUT2D eigenvalue weighted by atomic mass is 35.5. The van der Waals surface area contributed by atoms with E-state index in [1.54, 1.807) is 6.20 Å². The molecular formula is C15H22ClN5O2. The summed E-state index contributed by atoms with van der Waals surface area (Å²) < 4.78 is 0. The van der Waals surface area contributed by atoms with Crippen LogP contribution in [0.5, 0.6) is 0 Å². The van der Waals surface area contributed by atoms with Gasteiger partial charge in [-0.25, -0.2) is 9.89 Å². The first kappa shape index (κ1) is 16.1. The third kappa shape index (κ3) is 3.96. The lowest BCUT2D eigenvalue weighted by molar-refractivity contribution is 0.229. The maximum Gasteiger partial charge on any atom is 0.315 e. The molecule has 7 nitrogen and oxygen atoms in total. The minimum absolute atomic E-state index is 0.0499. The molecule has 3 N–H and O–H groups in total.